The zero-order valence-electron chi connectivity index (χ0n) is 11.1. The topological polar surface area (TPSA) is 71.3 Å². The number of halogens is 1. The van der Waals surface area contributed by atoms with Gasteiger partial charge in [0.2, 0.25) is 0 Å². The Bertz CT molecular complexity index is 457. The highest BCUT2D eigenvalue weighted by molar-refractivity contribution is 6.31. The molecule has 1 aromatic rings. The third-order valence-electron chi connectivity index (χ3n) is 2.89. The average molecular weight is 287 g/mol. The summed E-state index contributed by atoms with van der Waals surface area (Å²) in [6.45, 7) is 4.46. The van der Waals surface area contributed by atoms with E-state index in [0.29, 0.717) is 23.7 Å². The third-order valence-corrected chi connectivity index (χ3v) is 3.09. The Labute approximate surface area is 117 Å². The van der Waals surface area contributed by atoms with E-state index in [4.69, 9.17) is 16.7 Å². The first kappa shape index (κ1) is 15.6. The number of carboxylic acids is 1. The fourth-order valence-corrected chi connectivity index (χ4v) is 2.05. The van der Waals surface area contributed by atoms with Crippen LogP contribution < -0.4 is 5.32 Å². The second kappa shape index (κ2) is 7.19. The number of nitrogens with zero attached hydrogens (tertiary/aromatic N) is 1. The molecule has 1 rings (SSSR count). The van der Waals surface area contributed by atoms with Crippen molar-refractivity contribution < 1.29 is 14.7 Å². The monoisotopic (exact) mass is 286 g/mol. The van der Waals surface area contributed by atoms with E-state index >= 15 is 0 Å². The zero-order valence-corrected chi connectivity index (χ0v) is 11.9. The van der Waals surface area contributed by atoms with Crippen LogP contribution in [0.5, 0.6) is 0 Å². The van der Waals surface area contributed by atoms with E-state index in [1.807, 2.05) is 13.8 Å². The molecule has 0 fully saturated rings. The van der Waals surface area contributed by atoms with Gasteiger partial charge in [0.25, 0.3) is 5.91 Å². The first-order valence-electron chi connectivity index (χ1n) is 6.38. The van der Waals surface area contributed by atoms with Crippen molar-refractivity contribution in [2.45, 2.75) is 45.7 Å². The van der Waals surface area contributed by atoms with Crippen molar-refractivity contribution in [3.8, 4) is 0 Å². The van der Waals surface area contributed by atoms with E-state index in [0.717, 1.165) is 12.8 Å². The Morgan fingerprint density at radius 2 is 2.16 bits per heavy atom. The smallest absolute Gasteiger partial charge is 0.326 e. The molecule has 1 unspecified atom stereocenters. The van der Waals surface area contributed by atoms with Crippen LogP contribution in [0, 0.1) is 0 Å². The van der Waals surface area contributed by atoms with Crippen molar-refractivity contribution in [3.63, 3.8) is 0 Å². The van der Waals surface area contributed by atoms with E-state index in [1.54, 1.807) is 16.8 Å². The van der Waals surface area contributed by atoms with Gasteiger partial charge in [-0.05, 0) is 19.4 Å². The normalized spacial score (nSPS) is 12.2. The number of hydrogen-bond donors (Lipinski definition) is 2. The second-order valence-electron chi connectivity index (χ2n) is 4.34. The fraction of sp³-hybridized carbons (Fsp3) is 0.538. The summed E-state index contributed by atoms with van der Waals surface area (Å²) in [7, 11) is 0. The third kappa shape index (κ3) is 4.28. The number of rotatable bonds is 7. The average Bonchev–Trinajstić information content (AvgIpc) is 2.75. The summed E-state index contributed by atoms with van der Waals surface area (Å²) >= 11 is 5.85. The molecular formula is C13H19ClN2O3. The maximum Gasteiger partial charge on any atom is 0.326 e. The Morgan fingerprint density at radius 1 is 1.47 bits per heavy atom. The van der Waals surface area contributed by atoms with Crippen molar-refractivity contribution in [1.29, 1.82) is 0 Å². The predicted molar refractivity (Wildman–Crippen MR) is 73.5 cm³/mol. The molecule has 0 spiro atoms. The van der Waals surface area contributed by atoms with Crippen LogP contribution in [0.2, 0.25) is 5.02 Å². The minimum atomic E-state index is -1.01. The van der Waals surface area contributed by atoms with Gasteiger partial charge >= 0.3 is 5.97 Å². The summed E-state index contributed by atoms with van der Waals surface area (Å²) < 4.78 is 1.69. The van der Waals surface area contributed by atoms with Gasteiger partial charge in [0.1, 0.15) is 11.7 Å². The summed E-state index contributed by atoms with van der Waals surface area (Å²) in [5, 5.41) is 12.1. The largest absolute Gasteiger partial charge is 0.480 e. The maximum absolute atomic E-state index is 12.1. The van der Waals surface area contributed by atoms with Gasteiger partial charge in [-0.2, -0.15) is 0 Å². The van der Waals surface area contributed by atoms with Crippen LogP contribution in [0.3, 0.4) is 0 Å². The maximum atomic E-state index is 12.1. The first-order valence-corrected chi connectivity index (χ1v) is 6.76. The molecule has 6 heteroatoms. The molecule has 0 aromatic carbocycles. The summed E-state index contributed by atoms with van der Waals surface area (Å²) in [5.41, 5.74) is 0.384. The zero-order chi connectivity index (χ0) is 14.4. The van der Waals surface area contributed by atoms with Crippen molar-refractivity contribution in [1.82, 2.24) is 9.88 Å². The minimum Gasteiger partial charge on any atom is -0.480 e. The van der Waals surface area contributed by atoms with Crippen LogP contribution in [0.15, 0.2) is 12.3 Å². The van der Waals surface area contributed by atoms with Gasteiger partial charge < -0.3 is 15.0 Å². The summed E-state index contributed by atoms with van der Waals surface area (Å²) in [6.07, 6.45) is 3.72. The van der Waals surface area contributed by atoms with Crippen LogP contribution >= 0.6 is 11.6 Å². The molecule has 2 N–H and O–H groups in total. The van der Waals surface area contributed by atoms with Gasteiger partial charge in [0.15, 0.2) is 0 Å². The summed E-state index contributed by atoms with van der Waals surface area (Å²) in [5.74, 6) is -1.42. The lowest BCUT2D eigenvalue weighted by atomic mass is 10.1. The number of nitrogens with one attached hydrogen (secondary N) is 1. The highest BCUT2D eigenvalue weighted by Crippen LogP contribution is 2.14. The van der Waals surface area contributed by atoms with Crippen LogP contribution in [-0.2, 0) is 11.3 Å². The van der Waals surface area contributed by atoms with Crippen LogP contribution in [0.25, 0.3) is 0 Å². The first-order chi connectivity index (χ1) is 8.99. The summed E-state index contributed by atoms with van der Waals surface area (Å²) in [4.78, 5) is 23.1. The van der Waals surface area contributed by atoms with Crippen LogP contribution in [0.1, 0.15) is 43.6 Å². The van der Waals surface area contributed by atoms with E-state index in [-0.39, 0.29) is 0 Å². The molecular weight excluding hydrogens is 268 g/mol. The number of aliphatic carboxylic acids is 1. The number of unbranched alkanes of at least 4 members (excludes halogenated alkanes) is 1. The molecule has 5 nitrogen and oxygen atoms in total. The van der Waals surface area contributed by atoms with Gasteiger partial charge in [-0.3, -0.25) is 4.79 Å². The second-order valence-corrected chi connectivity index (χ2v) is 4.77. The van der Waals surface area contributed by atoms with Crippen molar-refractivity contribution in [2.24, 2.45) is 0 Å². The molecule has 0 aliphatic carbocycles. The Kier molecular flexibility index (Phi) is 5.89. The number of carboxylic acid groups (broad SMARTS) is 1. The van der Waals surface area contributed by atoms with Gasteiger partial charge in [0, 0.05) is 12.7 Å². The number of carbonyl (C=O) groups is 2. The molecule has 0 aliphatic heterocycles. The quantitative estimate of drug-likeness (QED) is 0.809. The Morgan fingerprint density at radius 3 is 2.68 bits per heavy atom. The van der Waals surface area contributed by atoms with Crippen molar-refractivity contribution >= 4 is 23.5 Å². The van der Waals surface area contributed by atoms with Crippen LogP contribution in [-0.4, -0.2) is 27.6 Å². The Balaban J connectivity index is 2.78. The van der Waals surface area contributed by atoms with E-state index in [9.17, 15) is 9.59 Å². The highest BCUT2D eigenvalue weighted by atomic mass is 35.5. The van der Waals surface area contributed by atoms with Gasteiger partial charge in [-0.15, -0.1) is 0 Å². The van der Waals surface area contributed by atoms with Gasteiger partial charge in [-0.1, -0.05) is 31.4 Å². The Hall–Kier alpha value is -1.49. The standard InChI is InChI=1S/C13H19ClN2O3/c1-3-5-6-10(13(18)19)15-12(17)11-7-9(14)8-16(11)4-2/h7-8,10H,3-6H2,1-2H3,(H,15,17)(H,18,19). The van der Waals surface area contributed by atoms with Gasteiger partial charge in [-0.25, -0.2) is 4.79 Å². The predicted octanol–water partition coefficient (Wildman–Crippen LogP) is 2.53. The van der Waals surface area contributed by atoms with E-state index < -0.39 is 17.9 Å². The molecule has 0 saturated heterocycles. The number of aromatic nitrogens is 1. The molecule has 1 atom stereocenters. The van der Waals surface area contributed by atoms with E-state index in [2.05, 4.69) is 5.32 Å². The van der Waals surface area contributed by atoms with Gasteiger partial charge in [0.05, 0.1) is 5.02 Å². The number of amides is 1. The fourth-order valence-electron chi connectivity index (χ4n) is 1.82. The lowest BCUT2D eigenvalue weighted by Gasteiger charge is -2.14. The molecule has 1 heterocycles. The minimum absolute atomic E-state index is 0.384. The van der Waals surface area contributed by atoms with Crippen LogP contribution in [0.4, 0.5) is 0 Å². The molecule has 0 radical (unpaired) electrons. The molecule has 1 aromatic heterocycles. The lowest BCUT2D eigenvalue weighted by molar-refractivity contribution is -0.139. The molecule has 0 saturated carbocycles. The number of aryl methyl sites for hydroxylation is 1. The number of hydrogen-bond acceptors (Lipinski definition) is 2. The number of carbonyl (C=O) groups excluding carboxylic acids is 1. The molecule has 0 aliphatic rings. The molecule has 1 amide bonds. The highest BCUT2D eigenvalue weighted by Gasteiger charge is 2.21. The van der Waals surface area contributed by atoms with E-state index in [1.165, 1.54) is 0 Å². The summed E-state index contributed by atoms with van der Waals surface area (Å²) in [6, 6.07) is 0.686. The molecule has 19 heavy (non-hydrogen) atoms. The SMILES string of the molecule is CCCCC(NC(=O)c1cc(Cl)cn1CC)C(=O)O. The molecule has 106 valence electrons. The van der Waals surface area contributed by atoms with Crippen molar-refractivity contribution in [2.75, 3.05) is 0 Å². The lowest BCUT2D eigenvalue weighted by Crippen LogP contribution is -2.41. The molecule has 0 bridgehead atoms. The van der Waals surface area contributed by atoms with Crippen molar-refractivity contribution in [3.05, 3.63) is 23.0 Å².